The Bertz CT molecular complexity index is 436. The van der Waals surface area contributed by atoms with E-state index in [4.69, 9.17) is 16.3 Å². The minimum atomic E-state index is -0.110. The highest BCUT2D eigenvalue weighted by Crippen LogP contribution is 2.23. The van der Waals surface area contributed by atoms with Crippen LogP contribution in [0.2, 0.25) is 5.02 Å². The van der Waals surface area contributed by atoms with Gasteiger partial charge < -0.3 is 9.84 Å². The maximum Gasteiger partial charge on any atom is 0.0936 e. The van der Waals surface area contributed by atoms with Crippen LogP contribution in [0.15, 0.2) is 0 Å². The molecule has 2 atom stereocenters. The number of aliphatic hydroxyl groups is 1. The zero-order valence-corrected chi connectivity index (χ0v) is 12.5. The molecule has 1 aliphatic heterocycles. The molecule has 5 nitrogen and oxygen atoms in total. The van der Waals surface area contributed by atoms with Crippen LogP contribution in [-0.4, -0.2) is 51.7 Å². The third-order valence-corrected chi connectivity index (χ3v) is 3.92. The monoisotopic (exact) mass is 287 g/mol. The lowest BCUT2D eigenvalue weighted by Gasteiger charge is -2.36. The van der Waals surface area contributed by atoms with E-state index < -0.39 is 0 Å². The van der Waals surface area contributed by atoms with Crippen molar-refractivity contribution < 1.29 is 9.84 Å². The van der Waals surface area contributed by atoms with Gasteiger partial charge in [0.1, 0.15) is 0 Å². The number of aliphatic hydroxyl groups excluding tert-OH is 1. The van der Waals surface area contributed by atoms with Crippen molar-refractivity contribution in [2.75, 3.05) is 19.7 Å². The second-order valence-corrected chi connectivity index (χ2v) is 5.51. The minimum absolute atomic E-state index is 0.0557. The van der Waals surface area contributed by atoms with Gasteiger partial charge in [-0.05, 0) is 13.3 Å². The van der Waals surface area contributed by atoms with Gasteiger partial charge in [-0.3, -0.25) is 9.58 Å². The van der Waals surface area contributed by atoms with E-state index in [1.165, 1.54) is 0 Å². The molecule has 0 saturated carbocycles. The number of hydrogen-bond donors (Lipinski definition) is 1. The van der Waals surface area contributed by atoms with E-state index in [-0.39, 0.29) is 18.8 Å². The second-order valence-electron chi connectivity index (χ2n) is 5.13. The van der Waals surface area contributed by atoms with E-state index in [1.54, 1.807) is 0 Å². The van der Waals surface area contributed by atoms with E-state index >= 15 is 0 Å². The Balaban J connectivity index is 2.10. The van der Waals surface area contributed by atoms with Gasteiger partial charge in [0, 0.05) is 26.7 Å². The summed E-state index contributed by atoms with van der Waals surface area (Å²) in [5.74, 6) is 0. The van der Waals surface area contributed by atoms with Crippen molar-refractivity contribution in [3.63, 3.8) is 0 Å². The smallest absolute Gasteiger partial charge is 0.0936 e. The molecule has 1 N–H and O–H groups in total. The van der Waals surface area contributed by atoms with E-state index in [0.717, 1.165) is 42.5 Å². The van der Waals surface area contributed by atoms with Crippen LogP contribution in [0.4, 0.5) is 0 Å². The average Bonchev–Trinajstić information content (AvgIpc) is 2.65. The van der Waals surface area contributed by atoms with Gasteiger partial charge in [-0.15, -0.1) is 0 Å². The van der Waals surface area contributed by atoms with Crippen LogP contribution in [0, 0.1) is 0 Å². The fraction of sp³-hybridized carbons (Fsp3) is 0.769. The molecule has 0 aromatic carbocycles. The number of rotatable bonds is 4. The van der Waals surface area contributed by atoms with Crippen LogP contribution in [0.25, 0.3) is 0 Å². The highest BCUT2D eigenvalue weighted by Gasteiger charge is 2.26. The van der Waals surface area contributed by atoms with Gasteiger partial charge in [-0.1, -0.05) is 18.5 Å². The molecule has 1 aliphatic rings. The molecular formula is C13H22ClN3O2. The molecule has 2 heterocycles. The maximum atomic E-state index is 9.25. The van der Waals surface area contributed by atoms with Crippen LogP contribution >= 0.6 is 11.6 Å². The lowest BCUT2D eigenvalue weighted by Crippen LogP contribution is -2.47. The van der Waals surface area contributed by atoms with Crippen molar-refractivity contribution in [2.45, 2.75) is 39.0 Å². The highest BCUT2D eigenvalue weighted by atomic mass is 35.5. The Morgan fingerprint density at radius 3 is 2.79 bits per heavy atom. The summed E-state index contributed by atoms with van der Waals surface area (Å²) in [7, 11) is 1.92. The number of hydrogen-bond acceptors (Lipinski definition) is 4. The largest absolute Gasteiger partial charge is 0.394 e. The molecule has 1 aromatic rings. The zero-order valence-electron chi connectivity index (χ0n) is 11.8. The summed E-state index contributed by atoms with van der Waals surface area (Å²) >= 11 is 6.36. The van der Waals surface area contributed by atoms with Crippen molar-refractivity contribution in [3.05, 3.63) is 16.4 Å². The summed E-state index contributed by atoms with van der Waals surface area (Å²) in [5, 5.41) is 14.4. The standard InChI is InChI=1S/C13H22ClN3O2/c1-4-11-13(14)12(16(3)15-11)7-17-5-9(2)19-10(6-17)8-18/h9-10,18H,4-8H2,1-3H3. The summed E-state index contributed by atoms with van der Waals surface area (Å²) < 4.78 is 7.50. The lowest BCUT2D eigenvalue weighted by atomic mass is 10.2. The second kappa shape index (κ2) is 6.22. The number of ether oxygens (including phenoxy) is 1. The SMILES string of the molecule is CCc1nn(C)c(CN2CC(C)OC(CO)C2)c1Cl. The fourth-order valence-corrected chi connectivity index (χ4v) is 2.93. The Morgan fingerprint density at radius 1 is 1.47 bits per heavy atom. The Labute approximate surface area is 119 Å². The molecule has 1 saturated heterocycles. The summed E-state index contributed by atoms with van der Waals surface area (Å²) in [6.45, 7) is 6.45. The molecule has 0 bridgehead atoms. The fourth-order valence-electron chi connectivity index (χ4n) is 2.57. The number of aryl methyl sites for hydroxylation is 2. The number of halogens is 1. The molecule has 1 fully saturated rings. The van der Waals surface area contributed by atoms with Gasteiger partial charge in [0.2, 0.25) is 0 Å². The normalized spacial score (nSPS) is 24.9. The third-order valence-electron chi connectivity index (χ3n) is 3.48. The number of morpholine rings is 1. The van der Waals surface area contributed by atoms with Crippen LogP contribution in [-0.2, 0) is 24.8 Å². The maximum absolute atomic E-state index is 9.25. The highest BCUT2D eigenvalue weighted by molar-refractivity contribution is 6.31. The predicted octanol–water partition coefficient (Wildman–Crippen LogP) is 1.22. The molecule has 19 heavy (non-hydrogen) atoms. The molecule has 6 heteroatoms. The van der Waals surface area contributed by atoms with Gasteiger partial charge in [-0.2, -0.15) is 5.10 Å². The van der Waals surface area contributed by atoms with E-state index in [2.05, 4.69) is 16.9 Å². The molecule has 0 amide bonds. The molecular weight excluding hydrogens is 266 g/mol. The first kappa shape index (κ1) is 14.8. The van der Waals surface area contributed by atoms with E-state index in [0.29, 0.717) is 0 Å². The molecule has 0 radical (unpaired) electrons. The molecule has 1 aromatic heterocycles. The minimum Gasteiger partial charge on any atom is -0.394 e. The first-order valence-electron chi connectivity index (χ1n) is 6.74. The van der Waals surface area contributed by atoms with Crippen molar-refractivity contribution in [1.29, 1.82) is 0 Å². The predicted molar refractivity (Wildman–Crippen MR) is 74.3 cm³/mol. The quantitative estimate of drug-likeness (QED) is 0.905. The van der Waals surface area contributed by atoms with Crippen molar-refractivity contribution in [3.8, 4) is 0 Å². The zero-order chi connectivity index (χ0) is 14.0. The van der Waals surface area contributed by atoms with Gasteiger partial charge in [0.25, 0.3) is 0 Å². The van der Waals surface area contributed by atoms with Gasteiger partial charge in [-0.25, -0.2) is 0 Å². The Hall–Kier alpha value is -0.620. The average molecular weight is 288 g/mol. The first-order valence-corrected chi connectivity index (χ1v) is 7.11. The molecule has 108 valence electrons. The van der Waals surface area contributed by atoms with E-state index in [1.807, 2.05) is 18.7 Å². The summed E-state index contributed by atoms with van der Waals surface area (Å²) in [4.78, 5) is 2.26. The van der Waals surface area contributed by atoms with Crippen molar-refractivity contribution in [1.82, 2.24) is 14.7 Å². The summed E-state index contributed by atoms with van der Waals surface area (Å²) in [6.07, 6.45) is 0.857. The molecule has 2 rings (SSSR count). The Morgan fingerprint density at radius 2 is 2.21 bits per heavy atom. The van der Waals surface area contributed by atoms with Crippen LogP contribution in [0.5, 0.6) is 0 Å². The Kier molecular flexibility index (Phi) is 4.84. The van der Waals surface area contributed by atoms with Gasteiger partial charge in [0.05, 0.1) is 35.2 Å². The third kappa shape index (κ3) is 3.28. The van der Waals surface area contributed by atoms with E-state index in [9.17, 15) is 5.11 Å². The molecule has 0 aliphatic carbocycles. The summed E-state index contributed by atoms with van der Waals surface area (Å²) in [5.41, 5.74) is 1.98. The van der Waals surface area contributed by atoms with Crippen molar-refractivity contribution >= 4 is 11.6 Å². The van der Waals surface area contributed by atoms with Crippen LogP contribution in [0.1, 0.15) is 25.2 Å². The number of aromatic nitrogens is 2. The van der Waals surface area contributed by atoms with Gasteiger partial charge >= 0.3 is 0 Å². The lowest BCUT2D eigenvalue weighted by molar-refractivity contribution is -0.0976. The van der Waals surface area contributed by atoms with Crippen molar-refractivity contribution in [2.24, 2.45) is 7.05 Å². The topological polar surface area (TPSA) is 50.5 Å². The van der Waals surface area contributed by atoms with Gasteiger partial charge in [0.15, 0.2) is 0 Å². The van der Waals surface area contributed by atoms with Crippen LogP contribution in [0.3, 0.4) is 0 Å². The van der Waals surface area contributed by atoms with Crippen LogP contribution < -0.4 is 0 Å². The molecule has 2 unspecified atom stereocenters. The first-order chi connectivity index (χ1) is 9.05. The summed E-state index contributed by atoms with van der Waals surface area (Å²) in [6, 6.07) is 0. The molecule has 0 spiro atoms. The number of nitrogens with zero attached hydrogens (tertiary/aromatic N) is 3.